The number of hydrogen-bond acceptors (Lipinski definition) is 4. The summed E-state index contributed by atoms with van der Waals surface area (Å²) in [6.07, 6.45) is 1.44. The molecule has 0 saturated carbocycles. The van der Waals surface area contributed by atoms with Crippen molar-refractivity contribution in [1.29, 1.82) is 0 Å². The van der Waals surface area contributed by atoms with Crippen molar-refractivity contribution in [3.8, 4) is 0 Å². The Hall–Kier alpha value is -2.82. The highest BCUT2D eigenvalue weighted by Gasteiger charge is 2.11. The average Bonchev–Trinajstić information content (AvgIpc) is 3.00. The highest BCUT2D eigenvalue weighted by atomic mass is 16.4. The summed E-state index contributed by atoms with van der Waals surface area (Å²) in [5.74, 6) is -0.0884. The molecule has 2 aromatic heterocycles. The Bertz CT molecular complexity index is 891. The van der Waals surface area contributed by atoms with E-state index in [0.717, 1.165) is 16.5 Å². The molecule has 0 spiro atoms. The number of nitrogens with one attached hydrogen (secondary N) is 1. The van der Waals surface area contributed by atoms with E-state index in [2.05, 4.69) is 5.32 Å². The number of carbonyl (C=O) groups excluding carboxylic acids is 1. The quantitative estimate of drug-likeness (QED) is 0.754. The van der Waals surface area contributed by atoms with Crippen LogP contribution in [0.15, 0.2) is 50.2 Å². The molecule has 112 valence electrons. The summed E-state index contributed by atoms with van der Waals surface area (Å²) in [7, 11) is 0. The van der Waals surface area contributed by atoms with Crippen LogP contribution in [0.25, 0.3) is 11.0 Å². The molecule has 0 unspecified atom stereocenters. The van der Waals surface area contributed by atoms with Crippen molar-refractivity contribution in [2.45, 2.75) is 20.4 Å². The van der Waals surface area contributed by atoms with Gasteiger partial charge in [0.15, 0.2) is 5.76 Å². The summed E-state index contributed by atoms with van der Waals surface area (Å²) in [6.45, 7) is 4.18. The van der Waals surface area contributed by atoms with Crippen molar-refractivity contribution in [2.75, 3.05) is 0 Å². The Morgan fingerprint density at radius 3 is 2.68 bits per heavy atom. The third kappa shape index (κ3) is 2.65. The van der Waals surface area contributed by atoms with Gasteiger partial charge in [0.25, 0.3) is 5.91 Å². The molecule has 0 bridgehead atoms. The Morgan fingerprint density at radius 2 is 1.95 bits per heavy atom. The third-order valence-corrected chi connectivity index (χ3v) is 3.63. The molecule has 2 heterocycles. The number of amides is 1. The normalized spacial score (nSPS) is 10.8. The Morgan fingerprint density at radius 1 is 1.18 bits per heavy atom. The molecule has 0 atom stereocenters. The third-order valence-electron chi connectivity index (χ3n) is 3.63. The minimum absolute atomic E-state index is 0.226. The Kier molecular flexibility index (Phi) is 3.55. The van der Waals surface area contributed by atoms with Crippen LogP contribution in [-0.2, 0) is 6.54 Å². The summed E-state index contributed by atoms with van der Waals surface area (Å²) in [4.78, 5) is 23.6. The van der Waals surface area contributed by atoms with Crippen LogP contribution in [0.3, 0.4) is 0 Å². The lowest BCUT2D eigenvalue weighted by atomic mass is 10.0. The van der Waals surface area contributed by atoms with Gasteiger partial charge < -0.3 is 14.2 Å². The van der Waals surface area contributed by atoms with Gasteiger partial charge >= 0.3 is 5.63 Å². The summed E-state index contributed by atoms with van der Waals surface area (Å²) in [5.41, 5.74) is 2.96. The van der Waals surface area contributed by atoms with Crippen LogP contribution in [0, 0.1) is 13.8 Å². The predicted octanol–water partition coefficient (Wildman–Crippen LogP) is 2.93. The van der Waals surface area contributed by atoms with Crippen molar-refractivity contribution in [1.82, 2.24) is 5.32 Å². The van der Waals surface area contributed by atoms with E-state index in [1.54, 1.807) is 12.1 Å². The van der Waals surface area contributed by atoms with Gasteiger partial charge in [-0.3, -0.25) is 4.79 Å². The molecular formula is C17H15NO4. The zero-order valence-electron chi connectivity index (χ0n) is 12.3. The summed E-state index contributed by atoms with van der Waals surface area (Å²) in [6, 6.07) is 8.43. The lowest BCUT2D eigenvalue weighted by Crippen LogP contribution is -2.23. The molecule has 5 heteroatoms. The minimum atomic E-state index is -0.432. The zero-order valence-corrected chi connectivity index (χ0v) is 12.3. The van der Waals surface area contributed by atoms with Crippen LogP contribution >= 0.6 is 0 Å². The largest absolute Gasteiger partial charge is 0.459 e. The lowest BCUT2D eigenvalue weighted by Gasteiger charge is -2.09. The summed E-state index contributed by atoms with van der Waals surface area (Å²) < 4.78 is 10.3. The molecule has 3 rings (SSSR count). The topological polar surface area (TPSA) is 72.5 Å². The number of benzene rings is 1. The van der Waals surface area contributed by atoms with Crippen molar-refractivity contribution in [3.05, 3.63) is 69.5 Å². The van der Waals surface area contributed by atoms with E-state index < -0.39 is 5.63 Å². The second-order valence-corrected chi connectivity index (χ2v) is 5.18. The number of hydrogen-bond donors (Lipinski definition) is 1. The van der Waals surface area contributed by atoms with Crippen LogP contribution in [-0.4, -0.2) is 5.91 Å². The van der Waals surface area contributed by atoms with Crippen molar-refractivity contribution in [2.24, 2.45) is 0 Å². The molecule has 0 aliphatic heterocycles. The first kappa shape index (κ1) is 14.1. The SMILES string of the molecule is Cc1cc2oc(=O)cc(CNC(=O)c3ccco3)c2cc1C. The smallest absolute Gasteiger partial charge is 0.336 e. The highest BCUT2D eigenvalue weighted by Crippen LogP contribution is 2.21. The molecule has 0 radical (unpaired) electrons. The Balaban J connectivity index is 1.94. The molecule has 1 aromatic carbocycles. The maximum atomic E-state index is 11.9. The van der Waals surface area contributed by atoms with E-state index in [0.29, 0.717) is 11.1 Å². The second kappa shape index (κ2) is 5.52. The van der Waals surface area contributed by atoms with Crippen molar-refractivity contribution < 1.29 is 13.6 Å². The van der Waals surface area contributed by atoms with Gasteiger partial charge in [-0.15, -0.1) is 0 Å². The van der Waals surface area contributed by atoms with Gasteiger partial charge in [-0.1, -0.05) is 0 Å². The lowest BCUT2D eigenvalue weighted by molar-refractivity contribution is 0.0923. The maximum Gasteiger partial charge on any atom is 0.336 e. The van der Waals surface area contributed by atoms with Crippen molar-refractivity contribution in [3.63, 3.8) is 0 Å². The molecule has 0 saturated heterocycles. The predicted molar refractivity (Wildman–Crippen MR) is 81.8 cm³/mol. The molecule has 5 nitrogen and oxygen atoms in total. The van der Waals surface area contributed by atoms with E-state index >= 15 is 0 Å². The molecule has 1 N–H and O–H groups in total. The van der Waals surface area contributed by atoms with Gasteiger partial charge in [0.05, 0.1) is 6.26 Å². The van der Waals surface area contributed by atoms with Gasteiger partial charge in [0, 0.05) is 18.0 Å². The van der Waals surface area contributed by atoms with E-state index in [1.165, 1.54) is 12.3 Å². The molecule has 3 aromatic rings. The zero-order chi connectivity index (χ0) is 15.7. The van der Waals surface area contributed by atoms with Gasteiger partial charge in [-0.05, 0) is 54.8 Å². The van der Waals surface area contributed by atoms with Crippen LogP contribution in [0.2, 0.25) is 0 Å². The molecule has 0 aliphatic rings. The fraction of sp³-hybridized carbons (Fsp3) is 0.176. The average molecular weight is 297 g/mol. The van der Waals surface area contributed by atoms with Gasteiger partial charge in [0.2, 0.25) is 0 Å². The highest BCUT2D eigenvalue weighted by molar-refractivity contribution is 5.91. The summed E-state index contributed by atoms with van der Waals surface area (Å²) >= 11 is 0. The number of fused-ring (bicyclic) bond motifs is 1. The minimum Gasteiger partial charge on any atom is -0.459 e. The number of furan rings is 1. The van der Waals surface area contributed by atoms with E-state index in [9.17, 15) is 9.59 Å². The first-order chi connectivity index (χ1) is 10.5. The van der Waals surface area contributed by atoms with Gasteiger partial charge in [-0.2, -0.15) is 0 Å². The van der Waals surface area contributed by atoms with Gasteiger partial charge in [-0.25, -0.2) is 4.79 Å². The van der Waals surface area contributed by atoms with Gasteiger partial charge in [0.1, 0.15) is 5.58 Å². The van der Waals surface area contributed by atoms with Crippen LogP contribution in [0.1, 0.15) is 27.2 Å². The molecule has 22 heavy (non-hydrogen) atoms. The number of carbonyl (C=O) groups is 1. The van der Waals surface area contributed by atoms with E-state index in [4.69, 9.17) is 8.83 Å². The number of aryl methyl sites for hydroxylation is 2. The van der Waals surface area contributed by atoms with E-state index in [1.807, 2.05) is 26.0 Å². The number of rotatable bonds is 3. The van der Waals surface area contributed by atoms with Crippen LogP contribution < -0.4 is 10.9 Å². The Labute approximate surface area is 126 Å². The van der Waals surface area contributed by atoms with Crippen molar-refractivity contribution >= 4 is 16.9 Å². The second-order valence-electron chi connectivity index (χ2n) is 5.18. The first-order valence-corrected chi connectivity index (χ1v) is 6.90. The summed E-state index contributed by atoms with van der Waals surface area (Å²) in [5, 5.41) is 3.56. The fourth-order valence-corrected chi connectivity index (χ4v) is 2.30. The fourth-order valence-electron chi connectivity index (χ4n) is 2.30. The van der Waals surface area contributed by atoms with E-state index in [-0.39, 0.29) is 18.2 Å². The van der Waals surface area contributed by atoms with Crippen LogP contribution in [0.4, 0.5) is 0 Å². The monoisotopic (exact) mass is 297 g/mol. The molecule has 0 aliphatic carbocycles. The maximum absolute atomic E-state index is 11.9. The molecule has 0 fully saturated rings. The van der Waals surface area contributed by atoms with Crippen LogP contribution in [0.5, 0.6) is 0 Å². The standard InChI is InChI=1S/C17H15NO4/c1-10-6-13-12(8-16(19)22-15(13)7-11(10)2)9-18-17(20)14-4-3-5-21-14/h3-8H,9H2,1-2H3,(H,18,20). The molecule has 1 amide bonds. The first-order valence-electron chi connectivity index (χ1n) is 6.90. The molecular weight excluding hydrogens is 282 g/mol.